The normalized spacial score (nSPS) is 17.3. The molecule has 0 spiro atoms. The molecular formula is C28H41N5O4S. The zero-order valence-electron chi connectivity index (χ0n) is 22.4. The van der Waals surface area contributed by atoms with E-state index >= 15 is 0 Å². The second kappa shape index (κ2) is 13.9. The molecule has 2 saturated heterocycles. The molecule has 0 unspecified atom stereocenters. The molecule has 2 heterocycles. The van der Waals surface area contributed by atoms with Crippen molar-refractivity contribution in [1.29, 1.82) is 0 Å². The summed E-state index contributed by atoms with van der Waals surface area (Å²) in [4.78, 5) is 20.3. The number of anilines is 2. The van der Waals surface area contributed by atoms with Crippen molar-refractivity contribution in [2.75, 3.05) is 80.9 Å². The Balaban J connectivity index is 1.44. The summed E-state index contributed by atoms with van der Waals surface area (Å²) in [5, 5.41) is 3.06. The Morgan fingerprint density at radius 2 is 1.68 bits per heavy atom. The monoisotopic (exact) mass is 543 g/mol. The van der Waals surface area contributed by atoms with Gasteiger partial charge in [-0.25, -0.2) is 8.42 Å². The Labute approximate surface area is 227 Å². The standard InChI is InChI=1S/C28H41N5O4S/c1-2-3-21-38(35,36)30-25-9-10-27(26(22-25)28(34)29-11-12-31-17-19-37-20-18-31)33-15-13-32(14-16-33)23-24-7-5-4-6-8-24/h4-10,22,30H,2-3,11-21,23H2,1H3,(H,29,34). The highest BCUT2D eigenvalue weighted by molar-refractivity contribution is 7.92. The Morgan fingerprint density at radius 1 is 0.947 bits per heavy atom. The van der Waals surface area contributed by atoms with Crippen LogP contribution in [0.2, 0.25) is 0 Å². The molecule has 4 rings (SSSR count). The molecule has 0 saturated carbocycles. The predicted molar refractivity (Wildman–Crippen MR) is 152 cm³/mol. The number of nitrogens with one attached hydrogen (secondary N) is 2. The van der Waals surface area contributed by atoms with Crippen LogP contribution in [0.5, 0.6) is 0 Å². The average molecular weight is 544 g/mol. The highest BCUT2D eigenvalue weighted by Crippen LogP contribution is 2.27. The molecule has 9 nitrogen and oxygen atoms in total. The second-order valence-corrected chi connectivity index (χ2v) is 11.8. The minimum absolute atomic E-state index is 0.0652. The van der Waals surface area contributed by atoms with Gasteiger partial charge in [0.25, 0.3) is 5.91 Å². The van der Waals surface area contributed by atoms with Crippen LogP contribution in [0, 0.1) is 0 Å². The molecule has 2 aromatic carbocycles. The minimum atomic E-state index is -3.47. The maximum atomic E-state index is 13.4. The second-order valence-electron chi connectivity index (χ2n) is 9.97. The van der Waals surface area contributed by atoms with E-state index in [4.69, 9.17) is 4.74 Å². The van der Waals surface area contributed by atoms with Gasteiger partial charge in [0.15, 0.2) is 0 Å². The van der Waals surface area contributed by atoms with E-state index in [1.807, 2.05) is 19.1 Å². The molecule has 0 radical (unpaired) electrons. The topological polar surface area (TPSA) is 94.2 Å². The van der Waals surface area contributed by atoms with E-state index in [2.05, 4.69) is 49.0 Å². The Kier molecular flexibility index (Phi) is 10.4. The third-order valence-electron chi connectivity index (χ3n) is 7.06. The first-order valence-electron chi connectivity index (χ1n) is 13.7. The summed E-state index contributed by atoms with van der Waals surface area (Å²) >= 11 is 0. The summed E-state index contributed by atoms with van der Waals surface area (Å²) in [5.74, 6) is -0.120. The summed E-state index contributed by atoms with van der Waals surface area (Å²) < 4.78 is 33.1. The number of morpholine rings is 1. The van der Waals surface area contributed by atoms with Gasteiger partial charge >= 0.3 is 0 Å². The van der Waals surface area contributed by atoms with Crippen molar-refractivity contribution in [3.8, 4) is 0 Å². The molecule has 208 valence electrons. The molecular weight excluding hydrogens is 502 g/mol. The van der Waals surface area contributed by atoms with E-state index in [-0.39, 0.29) is 11.7 Å². The number of piperazine rings is 1. The first-order valence-corrected chi connectivity index (χ1v) is 15.3. The quantitative estimate of drug-likeness (QED) is 0.425. The highest BCUT2D eigenvalue weighted by Gasteiger charge is 2.23. The van der Waals surface area contributed by atoms with Crippen molar-refractivity contribution in [3.05, 3.63) is 59.7 Å². The molecule has 2 aliphatic rings. The zero-order chi connectivity index (χ0) is 26.8. The molecule has 0 aromatic heterocycles. The lowest BCUT2D eigenvalue weighted by molar-refractivity contribution is 0.0383. The van der Waals surface area contributed by atoms with Gasteiger partial charge < -0.3 is 15.0 Å². The van der Waals surface area contributed by atoms with Gasteiger partial charge in [0, 0.05) is 70.3 Å². The highest BCUT2D eigenvalue weighted by atomic mass is 32.2. The largest absolute Gasteiger partial charge is 0.379 e. The van der Waals surface area contributed by atoms with E-state index < -0.39 is 10.0 Å². The predicted octanol–water partition coefficient (Wildman–Crippen LogP) is 2.61. The number of hydrogen-bond acceptors (Lipinski definition) is 7. The average Bonchev–Trinajstić information content (AvgIpc) is 2.93. The van der Waals surface area contributed by atoms with E-state index in [0.717, 1.165) is 64.5 Å². The maximum Gasteiger partial charge on any atom is 0.253 e. The molecule has 0 atom stereocenters. The van der Waals surface area contributed by atoms with Gasteiger partial charge in [-0.1, -0.05) is 43.7 Å². The van der Waals surface area contributed by atoms with Crippen LogP contribution in [0.25, 0.3) is 0 Å². The molecule has 2 N–H and O–H groups in total. The van der Waals surface area contributed by atoms with Gasteiger partial charge in [0.05, 0.1) is 24.5 Å². The van der Waals surface area contributed by atoms with E-state index in [1.54, 1.807) is 12.1 Å². The minimum Gasteiger partial charge on any atom is -0.379 e. The fourth-order valence-electron chi connectivity index (χ4n) is 4.86. The third-order valence-corrected chi connectivity index (χ3v) is 8.43. The van der Waals surface area contributed by atoms with E-state index in [0.29, 0.717) is 37.4 Å². The fraction of sp³-hybridized carbons (Fsp3) is 0.536. The fourth-order valence-corrected chi connectivity index (χ4v) is 6.12. The molecule has 0 aliphatic carbocycles. The number of sulfonamides is 1. The summed E-state index contributed by atoms with van der Waals surface area (Å²) in [6.45, 7) is 10.7. The van der Waals surface area contributed by atoms with Gasteiger partial charge in [-0.15, -0.1) is 0 Å². The molecule has 0 bridgehead atoms. The number of nitrogens with zero attached hydrogens (tertiary/aromatic N) is 3. The van der Waals surface area contributed by atoms with Crippen LogP contribution in [0.3, 0.4) is 0 Å². The summed E-state index contributed by atoms with van der Waals surface area (Å²) in [5.41, 5.74) is 3.05. The van der Waals surface area contributed by atoms with Crippen LogP contribution in [0.15, 0.2) is 48.5 Å². The first kappa shape index (κ1) is 28.4. The van der Waals surface area contributed by atoms with Crippen molar-refractivity contribution >= 4 is 27.3 Å². The van der Waals surface area contributed by atoms with Crippen molar-refractivity contribution in [1.82, 2.24) is 15.1 Å². The van der Waals surface area contributed by atoms with Gasteiger partial charge in [-0.2, -0.15) is 0 Å². The summed E-state index contributed by atoms with van der Waals surface area (Å²) in [7, 11) is -3.47. The number of unbranched alkanes of at least 4 members (excludes halogenated alkanes) is 1. The lowest BCUT2D eigenvalue weighted by Gasteiger charge is -2.37. The number of carbonyl (C=O) groups excluding carboxylic acids is 1. The SMILES string of the molecule is CCCCS(=O)(=O)Nc1ccc(N2CCN(Cc3ccccc3)CC2)c(C(=O)NCCN2CCOCC2)c1. The summed E-state index contributed by atoms with van der Waals surface area (Å²) in [6.07, 6.45) is 1.39. The van der Waals surface area contributed by atoms with Crippen LogP contribution in [0.4, 0.5) is 11.4 Å². The molecule has 10 heteroatoms. The van der Waals surface area contributed by atoms with Crippen molar-refractivity contribution in [3.63, 3.8) is 0 Å². The molecule has 38 heavy (non-hydrogen) atoms. The molecule has 2 aliphatic heterocycles. The van der Waals surface area contributed by atoms with Crippen molar-refractivity contribution in [2.45, 2.75) is 26.3 Å². The van der Waals surface area contributed by atoms with Crippen LogP contribution >= 0.6 is 0 Å². The maximum absolute atomic E-state index is 13.4. The van der Waals surface area contributed by atoms with Gasteiger partial charge in [-0.05, 0) is 30.2 Å². The number of carbonyl (C=O) groups is 1. The van der Waals surface area contributed by atoms with Crippen LogP contribution in [0.1, 0.15) is 35.7 Å². The summed E-state index contributed by atoms with van der Waals surface area (Å²) in [6, 6.07) is 15.8. The first-order chi connectivity index (χ1) is 18.4. The number of ether oxygens (including phenoxy) is 1. The lowest BCUT2D eigenvalue weighted by Crippen LogP contribution is -2.46. The van der Waals surface area contributed by atoms with Crippen molar-refractivity contribution in [2.24, 2.45) is 0 Å². The van der Waals surface area contributed by atoms with Crippen LogP contribution in [-0.2, 0) is 21.3 Å². The lowest BCUT2D eigenvalue weighted by atomic mass is 10.1. The van der Waals surface area contributed by atoms with Gasteiger partial charge in [0.1, 0.15) is 0 Å². The number of amides is 1. The number of rotatable bonds is 12. The van der Waals surface area contributed by atoms with Crippen molar-refractivity contribution < 1.29 is 17.9 Å². The van der Waals surface area contributed by atoms with Gasteiger partial charge in [0.2, 0.25) is 10.0 Å². The Bertz CT molecular complexity index is 1130. The zero-order valence-corrected chi connectivity index (χ0v) is 23.2. The number of benzene rings is 2. The van der Waals surface area contributed by atoms with E-state index in [1.165, 1.54) is 5.56 Å². The van der Waals surface area contributed by atoms with Crippen LogP contribution in [-0.4, -0.2) is 95.4 Å². The Hall–Kier alpha value is -2.66. The smallest absolute Gasteiger partial charge is 0.253 e. The van der Waals surface area contributed by atoms with Crippen LogP contribution < -0.4 is 14.9 Å². The molecule has 2 aromatic rings. The molecule has 1 amide bonds. The Morgan fingerprint density at radius 3 is 2.39 bits per heavy atom. The van der Waals surface area contributed by atoms with E-state index in [9.17, 15) is 13.2 Å². The third kappa shape index (κ3) is 8.42. The molecule has 2 fully saturated rings. The number of hydrogen-bond donors (Lipinski definition) is 2. The van der Waals surface area contributed by atoms with Gasteiger partial charge in [-0.3, -0.25) is 19.3 Å².